The number of carbonyl (C=O) groups excluding carboxylic acids is 2. The highest BCUT2D eigenvalue weighted by molar-refractivity contribution is 5.81. The molecule has 6 heteroatoms. The minimum Gasteiger partial charge on any atom is -0.481 e. The van der Waals surface area contributed by atoms with Crippen molar-refractivity contribution in [2.75, 3.05) is 6.54 Å². The van der Waals surface area contributed by atoms with Crippen LogP contribution in [0.1, 0.15) is 44.9 Å². The van der Waals surface area contributed by atoms with Gasteiger partial charge in [0.2, 0.25) is 11.8 Å². The monoisotopic (exact) mass is 282 g/mol. The zero-order chi connectivity index (χ0) is 14.5. The van der Waals surface area contributed by atoms with E-state index in [1.54, 1.807) is 0 Å². The van der Waals surface area contributed by atoms with Crippen LogP contribution >= 0.6 is 0 Å². The fraction of sp³-hybridized carbons (Fsp3) is 0.786. The molecule has 112 valence electrons. The van der Waals surface area contributed by atoms with E-state index in [0.717, 1.165) is 12.8 Å². The third-order valence-corrected chi connectivity index (χ3v) is 4.04. The number of carbonyl (C=O) groups is 3. The van der Waals surface area contributed by atoms with Crippen LogP contribution in [0.2, 0.25) is 0 Å². The van der Waals surface area contributed by atoms with E-state index in [2.05, 4.69) is 10.6 Å². The van der Waals surface area contributed by atoms with E-state index in [9.17, 15) is 14.4 Å². The average Bonchev–Trinajstić information content (AvgIpc) is 3.22. The lowest BCUT2D eigenvalue weighted by Gasteiger charge is -2.25. The van der Waals surface area contributed by atoms with Gasteiger partial charge in [-0.25, -0.2) is 0 Å². The molecule has 0 bridgehead atoms. The van der Waals surface area contributed by atoms with Gasteiger partial charge in [0.15, 0.2) is 0 Å². The predicted octanol–water partition coefficient (Wildman–Crippen LogP) is 0.662. The Balaban J connectivity index is 1.60. The molecule has 2 aliphatic carbocycles. The van der Waals surface area contributed by atoms with Crippen molar-refractivity contribution < 1.29 is 19.5 Å². The first-order valence-electron chi connectivity index (χ1n) is 7.36. The molecule has 0 aliphatic heterocycles. The van der Waals surface area contributed by atoms with Gasteiger partial charge in [0.05, 0.1) is 5.92 Å². The Hall–Kier alpha value is -1.59. The number of amides is 2. The van der Waals surface area contributed by atoms with Gasteiger partial charge >= 0.3 is 5.97 Å². The molecule has 2 aliphatic rings. The maximum absolute atomic E-state index is 11.9. The zero-order valence-corrected chi connectivity index (χ0v) is 11.6. The topological polar surface area (TPSA) is 95.5 Å². The predicted molar refractivity (Wildman–Crippen MR) is 71.9 cm³/mol. The summed E-state index contributed by atoms with van der Waals surface area (Å²) in [7, 11) is 0. The summed E-state index contributed by atoms with van der Waals surface area (Å²) in [5.74, 6) is -1.23. The second kappa shape index (κ2) is 6.72. The first kappa shape index (κ1) is 14.8. The summed E-state index contributed by atoms with van der Waals surface area (Å²) in [5.41, 5.74) is 0. The molecule has 2 amide bonds. The van der Waals surface area contributed by atoms with Gasteiger partial charge in [-0.3, -0.25) is 14.4 Å². The van der Waals surface area contributed by atoms with Crippen molar-refractivity contribution in [2.24, 2.45) is 11.8 Å². The molecule has 0 aromatic rings. The molecule has 0 atom stereocenters. The molecule has 2 saturated carbocycles. The average molecular weight is 282 g/mol. The van der Waals surface area contributed by atoms with Crippen LogP contribution in [-0.4, -0.2) is 35.5 Å². The molecule has 0 radical (unpaired) electrons. The highest BCUT2D eigenvalue weighted by Gasteiger charge is 2.29. The SMILES string of the molecule is O=C(CCNC(=O)C1CCC(C(=O)O)CC1)NC1CC1. The lowest BCUT2D eigenvalue weighted by Crippen LogP contribution is -2.37. The Bertz CT molecular complexity index is 385. The molecule has 0 aromatic carbocycles. The Labute approximate surface area is 118 Å². The van der Waals surface area contributed by atoms with Gasteiger partial charge in [-0.1, -0.05) is 0 Å². The second-order valence-electron chi connectivity index (χ2n) is 5.77. The molecule has 0 aromatic heterocycles. The summed E-state index contributed by atoms with van der Waals surface area (Å²) >= 11 is 0. The highest BCUT2D eigenvalue weighted by Crippen LogP contribution is 2.28. The maximum atomic E-state index is 11.9. The van der Waals surface area contributed by atoms with Gasteiger partial charge < -0.3 is 15.7 Å². The van der Waals surface area contributed by atoms with Crippen LogP contribution in [0.15, 0.2) is 0 Å². The summed E-state index contributed by atoms with van der Waals surface area (Å²) in [5, 5.41) is 14.5. The van der Waals surface area contributed by atoms with E-state index in [0.29, 0.717) is 44.7 Å². The van der Waals surface area contributed by atoms with Crippen molar-refractivity contribution in [3.63, 3.8) is 0 Å². The van der Waals surface area contributed by atoms with Crippen molar-refractivity contribution >= 4 is 17.8 Å². The highest BCUT2D eigenvalue weighted by atomic mass is 16.4. The van der Waals surface area contributed by atoms with Crippen LogP contribution < -0.4 is 10.6 Å². The fourth-order valence-corrected chi connectivity index (χ4v) is 2.57. The van der Waals surface area contributed by atoms with Gasteiger partial charge in [0.1, 0.15) is 0 Å². The Morgan fingerprint density at radius 3 is 2.10 bits per heavy atom. The molecule has 0 unspecified atom stereocenters. The summed E-state index contributed by atoms with van der Waals surface area (Å²) in [4.78, 5) is 34.2. The number of nitrogens with one attached hydrogen (secondary N) is 2. The molecule has 6 nitrogen and oxygen atoms in total. The van der Waals surface area contributed by atoms with E-state index in [1.165, 1.54) is 0 Å². The summed E-state index contributed by atoms with van der Waals surface area (Å²) in [6, 6.07) is 0.351. The summed E-state index contributed by atoms with van der Waals surface area (Å²) in [6.45, 7) is 0.357. The number of hydrogen-bond acceptors (Lipinski definition) is 3. The van der Waals surface area contributed by atoms with Crippen LogP contribution in [0, 0.1) is 11.8 Å². The first-order valence-corrected chi connectivity index (χ1v) is 7.36. The third-order valence-electron chi connectivity index (χ3n) is 4.04. The fourth-order valence-electron chi connectivity index (χ4n) is 2.57. The molecule has 3 N–H and O–H groups in total. The minimum atomic E-state index is -0.763. The van der Waals surface area contributed by atoms with Crippen LogP contribution in [-0.2, 0) is 14.4 Å². The van der Waals surface area contributed by atoms with E-state index in [-0.39, 0.29) is 23.7 Å². The molecule has 0 spiro atoms. The standard InChI is InChI=1S/C14H22N2O4/c17-12(16-11-5-6-11)7-8-15-13(18)9-1-3-10(4-2-9)14(19)20/h9-11H,1-8H2,(H,15,18)(H,16,17)(H,19,20). The van der Waals surface area contributed by atoms with Crippen LogP contribution in [0.4, 0.5) is 0 Å². The Morgan fingerprint density at radius 1 is 0.950 bits per heavy atom. The third kappa shape index (κ3) is 4.51. The van der Waals surface area contributed by atoms with E-state index in [4.69, 9.17) is 5.11 Å². The summed E-state index contributed by atoms with van der Waals surface area (Å²) < 4.78 is 0. The molecule has 2 fully saturated rings. The normalized spacial score (nSPS) is 25.8. The van der Waals surface area contributed by atoms with Crippen LogP contribution in [0.3, 0.4) is 0 Å². The first-order chi connectivity index (χ1) is 9.56. The minimum absolute atomic E-state index is 0.0117. The number of carboxylic acids is 1. The quantitative estimate of drug-likeness (QED) is 0.667. The van der Waals surface area contributed by atoms with Crippen molar-refractivity contribution in [3.05, 3.63) is 0 Å². The van der Waals surface area contributed by atoms with Crippen LogP contribution in [0.25, 0.3) is 0 Å². The van der Waals surface area contributed by atoms with Gasteiger partial charge in [0, 0.05) is 24.9 Å². The van der Waals surface area contributed by atoms with Gasteiger partial charge in [-0.2, -0.15) is 0 Å². The number of aliphatic carboxylic acids is 1. The maximum Gasteiger partial charge on any atom is 0.306 e. The number of hydrogen-bond donors (Lipinski definition) is 3. The number of rotatable bonds is 6. The van der Waals surface area contributed by atoms with Crippen molar-refractivity contribution in [2.45, 2.75) is 51.0 Å². The lowest BCUT2D eigenvalue weighted by atomic mass is 9.81. The number of carboxylic acid groups (broad SMARTS) is 1. The zero-order valence-electron chi connectivity index (χ0n) is 11.6. The van der Waals surface area contributed by atoms with E-state index < -0.39 is 5.97 Å². The van der Waals surface area contributed by atoms with Crippen molar-refractivity contribution in [3.8, 4) is 0 Å². The lowest BCUT2D eigenvalue weighted by molar-refractivity contribution is -0.144. The molecule has 0 saturated heterocycles. The van der Waals surface area contributed by atoms with E-state index >= 15 is 0 Å². The molecule has 0 heterocycles. The Morgan fingerprint density at radius 2 is 1.55 bits per heavy atom. The van der Waals surface area contributed by atoms with E-state index in [1.807, 2.05) is 0 Å². The molecular weight excluding hydrogens is 260 g/mol. The van der Waals surface area contributed by atoms with Gasteiger partial charge in [-0.05, 0) is 38.5 Å². The van der Waals surface area contributed by atoms with Gasteiger partial charge in [-0.15, -0.1) is 0 Å². The molecular formula is C14H22N2O4. The van der Waals surface area contributed by atoms with Crippen molar-refractivity contribution in [1.82, 2.24) is 10.6 Å². The van der Waals surface area contributed by atoms with Crippen LogP contribution in [0.5, 0.6) is 0 Å². The van der Waals surface area contributed by atoms with Gasteiger partial charge in [0.25, 0.3) is 0 Å². The van der Waals surface area contributed by atoms with Crippen molar-refractivity contribution in [1.29, 1.82) is 0 Å². The largest absolute Gasteiger partial charge is 0.481 e. The summed E-state index contributed by atoms with van der Waals surface area (Å²) in [6.07, 6.45) is 4.81. The smallest absolute Gasteiger partial charge is 0.306 e. The second-order valence-corrected chi connectivity index (χ2v) is 5.77. The Kier molecular flexibility index (Phi) is 4.98. The molecule has 20 heavy (non-hydrogen) atoms. The molecule has 2 rings (SSSR count).